The Balaban J connectivity index is 1.87. The summed E-state index contributed by atoms with van der Waals surface area (Å²) >= 11 is 0. The normalized spacial score (nSPS) is 37.3. The zero-order valence-electron chi connectivity index (χ0n) is 15.0. The van der Waals surface area contributed by atoms with Gasteiger partial charge in [0.2, 0.25) is 0 Å². The van der Waals surface area contributed by atoms with Crippen LogP contribution in [0.25, 0.3) is 0 Å². The number of methoxy groups -OCH3 is 2. The van der Waals surface area contributed by atoms with Gasteiger partial charge in [0.05, 0.1) is 19.6 Å². The SMILES string of the molecule is COC1=CC=C2C(C)CC3C(N)CCc4ccc(OC)c5c4C23[C@H]1O5. The fourth-order valence-electron chi connectivity index (χ4n) is 5.93. The molecule has 4 unspecified atom stereocenters. The maximum atomic E-state index is 6.73. The fraction of sp³-hybridized carbons (Fsp3) is 0.524. The number of allylic oxidation sites excluding steroid dienone is 2. The Morgan fingerprint density at radius 1 is 1.20 bits per heavy atom. The first-order chi connectivity index (χ1) is 12.1. The van der Waals surface area contributed by atoms with Gasteiger partial charge < -0.3 is 19.9 Å². The van der Waals surface area contributed by atoms with Gasteiger partial charge in [0.15, 0.2) is 17.6 Å². The van der Waals surface area contributed by atoms with E-state index in [9.17, 15) is 0 Å². The summed E-state index contributed by atoms with van der Waals surface area (Å²) in [7, 11) is 3.44. The van der Waals surface area contributed by atoms with Gasteiger partial charge in [0.1, 0.15) is 5.76 Å². The molecule has 1 spiro atoms. The summed E-state index contributed by atoms with van der Waals surface area (Å²) < 4.78 is 18.0. The molecule has 1 saturated carbocycles. The van der Waals surface area contributed by atoms with E-state index in [1.807, 2.05) is 6.07 Å². The van der Waals surface area contributed by atoms with Crippen LogP contribution in [0.3, 0.4) is 0 Å². The molecule has 4 heteroatoms. The number of benzene rings is 1. The zero-order valence-corrected chi connectivity index (χ0v) is 15.0. The predicted molar refractivity (Wildman–Crippen MR) is 95.8 cm³/mol. The lowest BCUT2D eigenvalue weighted by Gasteiger charge is -2.41. The predicted octanol–water partition coefficient (Wildman–Crippen LogP) is 3.09. The van der Waals surface area contributed by atoms with Gasteiger partial charge in [-0.15, -0.1) is 0 Å². The maximum Gasteiger partial charge on any atom is 0.169 e. The average Bonchev–Trinajstić information content (AvgIpc) is 3.10. The molecule has 5 rings (SSSR count). The molecule has 1 fully saturated rings. The molecule has 3 aliphatic carbocycles. The Labute approximate surface area is 148 Å². The smallest absolute Gasteiger partial charge is 0.169 e. The lowest BCUT2D eigenvalue weighted by molar-refractivity contribution is 0.0921. The molecule has 2 N–H and O–H groups in total. The highest BCUT2D eigenvalue weighted by molar-refractivity contribution is 5.66. The zero-order chi connectivity index (χ0) is 17.3. The van der Waals surface area contributed by atoms with Crippen molar-refractivity contribution in [3.05, 3.63) is 46.7 Å². The highest BCUT2D eigenvalue weighted by Gasteiger charge is 2.66. The maximum absolute atomic E-state index is 6.73. The minimum Gasteiger partial charge on any atom is -0.497 e. The van der Waals surface area contributed by atoms with E-state index in [4.69, 9.17) is 19.9 Å². The Kier molecular flexibility index (Phi) is 3.09. The number of hydrogen-bond acceptors (Lipinski definition) is 4. The average molecular weight is 339 g/mol. The highest BCUT2D eigenvalue weighted by Crippen LogP contribution is 2.66. The Morgan fingerprint density at radius 3 is 2.80 bits per heavy atom. The second-order valence-corrected chi connectivity index (χ2v) is 7.84. The van der Waals surface area contributed by atoms with Crippen molar-refractivity contribution < 1.29 is 14.2 Å². The van der Waals surface area contributed by atoms with Gasteiger partial charge in [-0.05, 0) is 48.8 Å². The molecule has 4 nitrogen and oxygen atoms in total. The molecule has 0 saturated heterocycles. The van der Waals surface area contributed by atoms with Crippen LogP contribution < -0.4 is 15.2 Å². The van der Waals surface area contributed by atoms with Crippen molar-refractivity contribution in [1.29, 1.82) is 0 Å². The Morgan fingerprint density at radius 2 is 2.04 bits per heavy atom. The van der Waals surface area contributed by atoms with E-state index in [-0.39, 0.29) is 17.6 Å². The standard InChI is InChI=1S/C21H25NO3/c1-11-10-14-15(22)7-4-12-5-8-16(23-2)19-18(12)21(14)13(11)6-9-17(24-3)20(21)25-19/h5-6,8-9,11,14-15,20H,4,7,10,22H2,1-3H3/t11?,14?,15?,20-,21?/m0/s1. The van der Waals surface area contributed by atoms with E-state index >= 15 is 0 Å². The first kappa shape index (κ1) is 15.3. The third kappa shape index (κ3) is 1.66. The van der Waals surface area contributed by atoms with Gasteiger partial charge in [-0.3, -0.25) is 0 Å². The van der Waals surface area contributed by atoms with Crippen LogP contribution in [0, 0.1) is 11.8 Å². The topological polar surface area (TPSA) is 53.7 Å². The number of nitrogens with two attached hydrogens (primary N) is 1. The van der Waals surface area contributed by atoms with E-state index in [0.29, 0.717) is 11.8 Å². The molecule has 0 amide bonds. The van der Waals surface area contributed by atoms with Crippen LogP contribution in [-0.2, 0) is 16.6 Å². The molecule has 1 aliphatic heterocycles. The van der Waals surface area contributed by atoms with Crippen LogP contribution in [0.1, 0.15) is 30.9 Å². The molecule has 1 heterocycles. The Bertz CT molecular complexity index is 812. The molecule has 132 valence electrons. The van der Waals surface area contributed by atoms with E-state index < -0.39 is 0 Å². The van der Waals surface area contributed by atoms with E-state index in [2.05, 4.69) is 25.1 Å². The monoisotopic (exact) mass is 339 g/mol. The van der Waals surface area contributed by atoms with Crippen molar-refractivity contribution in [2.75, 3.05) is 14.2 Å². The van der Waals surface area contributed by atoms with Gasteiger partial charge in [-0.1, -0.05) is 24.6 Å². The lowest BCUT2D eigenvalue weighted by Crippen LogP contribution is -2.50. The minimum atomic E-state index is -0.200. The van der Waals surface area contributed by atoms with Crippen molar-refractivity contribution >= 4 is 0 Å². The number of hydrogen-bond donors (Lipinski definition) is 1. The summed E-state index contributed by atoms with van der Waals surface area (Å²) in [6.45, 7) is 2.32. The number of ether oxygens (including phenoxy) is 3. The van der Waals surface area contributed by atoms with Gasteiger partial charge >= 0.3 is 0 Å². The third-order valence-electron chi connectivity index (χ3n) is 6.88. The molecule has 4 aliphatic rings. The number of aryl methyl sites for hydroxylation is 1. The molecule has 0 bridgehead atoms. The van der Waals surface area contributed by atoms with Crippen LogP contribution in [0.2, 0.25) is 0 Å². The van der Waals surface area contributed by atoms with Crippen LogP contribution >= 0.6 is 0 Å². The van der Waals surface area contributed by atoms with Gasteiger partial charge in [0, 0.05) is 11.6 Å². The van der Waals surface area contributed by atoms with Crippen LogP contribution in [0.15, 0.2) is 35.6 Å². The summed E-state index contributed by atoms with van der Waals surface area (Å²) in [6, 6.07) is 4.41. The molecule has 0 radical (unpaired) electrons. The molecule has 25 heavy (non-hydrogen) atoms. The molecule has 0 aromatic heterocycles. The summed E-state index contributed by atoms with van der Waals surface area (Å²) in [5.41, 5.74) is 10.7. The largest absolute Gasteiger partial charge is 0.497 e. The summed E-state index contributed by atoms with van der Waals surface area (Å²) in [5.74, 6) is 3.47. The Hall–Kier alpha value is -1.94. The van der Waals surface area contributed by atoms with Crippen LogP contribution in [0.4, 0.5) is 0 Å². The van der Waals surface area contributed by atoms with Crippen molar-refractivity contribution in [3.63, 3.8) is 0 Å². The van der Waals surface area contributed by atoms with E-state index in [1.165, 1.54) is 16.7 Å². The van der Waals surface area contributed by atoms with E-state index in [1.54, 1.807) is 14.2 Å². The summed E-state index contributed by atoms with van der Waals surface area (Å²) in [6.07, 6.45) is 7.33. The molecular formula is C21H25NO3. The fourth-order valence-corrected chi connectivity index (χ4v) is 5.93. The minimum absolute atomic E-state index is 0.137. The van der Waals surface area contributed by atoms with Gasteiger partial charge in [-0.2, -0.15) is 0 Å². The van der Waals surface area contributed by atoms with E-state index in [0.717, 1.165) is 36.5 Å². The third-order valence-corrected chi connectivity index (χ3v) is 6.88. The number of rotatable bonds is 2. The second-order valence-electron chi connectivity index (χ2n) is 7.84. The first-order valence-electron chi connectivity index (χ1n) is 9.21. The van der Waals surface area contributed by atoms with Crippen molar-refractivity contribution in [3.8, 4) is 11.5 Å². The molecule has 5 atom stereocenters. The molecule has 1 aromatic carbocycles. The quantitative estimate of drug-likeness (QED) is 0.900. The van der Waals surface area contributed by atoms with Gasteiger partial charge in [0.25, 0.3) is 0 Å². The lowest BCUT2D eigenvalue weighted by atomic mass is 9.63. The van der Waals surface area contributed by atoms with Gasteiger partial charge in [-0.25, -0.2) is 0 Å². The summed E-state index contributed by atoms with van der Waals surface area (Å²) in [5, 5.41) is 0. The van der Waals surface area contributed by atoms with Crippen LogP contribution in [0.5, 0.6) is 11.5 Å². The van der Waals surface area contributed by atoms with Crippen molar-refractivity contribution in [1.82, 2.24) is 0 Å². The van der Waals surface area contributed by atoms with Crippen molar-refractivity contribution in [2.24, 2.45) is 17.6 Å². The highest BCUT2D eigenvalue weighted by atomic mass is 16.6. The van der Waals surface area contributed by atoms with Crippen molar-refractivity contribution in [2.45, 2.75) is 43.7 Å². The van der Waals surface area contributed by atoms with Crippen LogP contribution in [-0.4, -0.2) is 26.4 Å². The summed E-state index contributed by atoms with van der Waals surface area (Å²) in [4.78, 5) is 0. The molecule has 1 aromatic rings. The molecular weight excluding hydrogens is 314 g/mol. The second kappa shape index (κ2) is 5.04. The first-order valence-corrected chi connectivity index (χ1v) is 9.21.